The summed E-state index contributed by atoms with van der Waals surface area (Å²) in [7, 11) is 12.4. The van der Waals surface area contributed by atoms with Gasteiger partial charge in [-0.25, -0.2) is 0 Å². The number of ketones is 1. The monoisotopic (exact) mass is 1190 g/mol. The quantitative estimate of drug-likeness (QED) is 0.105. The van der Waals surface area contributed by atoms with Gasteiger partial charge in [0, 0.05) is 129 Å². The normalized spacial score (nSPS) is 22.6. The van der Waals surface area contributed by atoms with Gasteiger partial charge in [0.15, 0.2) is 0 Å². The Bertz CT molecular complexity index is 1490. The minimum atomic E-state index is -1.06. The van der Waals surface area contributed by atoms with E-state index >= 15 is 0 Å². The number of piperidine rings is 6. The van der Waals surface area contributed by atoms with E-state index in [1.807, 2.05) is 104 Å². The van der Waals surface area contributed by atoms with E-state index in [0.29, 0.717) is 51.1 Å². The van der Waals surface area contributed by atoms with Crippen LogP contribution in [0.2, 0.25) is 0 Å². The van der Waals surface area contributed by atoms with Crippen LogP contribution in [0.15, 0.2) is 0 Å². The number of Topliss-reactive ketones (excluding diaryl/α,β-unsaturated/α-hetero) is 1. The highest BCUT2D eigenvalue weighted by Gasteiger charge is 2.39. The number of alkyl halides is 1. The number of likely N-dealkylation sites (tertiary alicyclic amines) is 6. The Balaban J connectivity index is -0.000000425. The number of nitro groups is 1. The van der Waals surface area contributed by atoms with Crippen LogP contribution in [-0.2, 0) is 23.9 Å². The molecule has 0 aliphatic carbocycles. The number of halogens is 1. The topological polar surface area (TPSA) is 255 Å². The number of hydrogen-bond acceptors (Lipinski definition) is 18. The smallest absolute Gasteiger partial charge is 0.246 e. The molecule has 2 amide bonds. The summed E-state index contributed by atoms with van der Waals surface area (Å²) in [5.41, 5.74) is 3.18. The maximum Gasteiger partial charge on any atom is 0.246 e. The van der Waals surface area contributed by atoms with Crippen molar-refractivity contribution in [2.45, 2.75) is 188 Å². The Morgan fingerprint density at radius 2 is 0.926 bits per heavy atom. The fourth-order valence-corrected chi connectivity index (χ4v) is 9.14. The lowest BCUT2D eigenvalue weighted by molar-refractivity contribution is -0.502. The summed E-state index contributed by atoms with van der Waals surface area (Å²) in [5, 5.41) is 48.5. The summed E-state index contributed by atoms with van der Waals surface area (Å²) in [5.74, 6) is 0.169. The number of rotatable bonds is 6. The lowest BCUT2D eigenvalue weighted by atomic mass is 9.90. The van der Waals surface area contributed by atoms with Gasteiger partial charge in [0.2, 0.25) is 18.4 Å². The van der Waals surface area contributed by atoms with Crippen LogP contribution in [-0.4, -0.2) is 274 Å². The molecule has 0 atom stereocenters. The number of ether oxygens (including phenoxy) is 2. The number of carbonyl (C=O) groups is 3. The van der Waals surface area contributed by atoms with Gasteiger partial charge in [-0.05, 0) is 106 Å². The van der Waals surface area contributed by atoms with E-state index in [4.69, 9.17) is 26.8 Å². The summed E-state index contributed by atoms with van der Waals surface area (Å²) in [4.78, 5) is 55.4. The maximum atomic E-state index is 10.9. The summed E-state index contributed by atoms with van der Waals surface area (Å²) < 4.78 is 11.5. The minimum Gasteiger partial charge on any atom is -0.388 e. The first kappa shape index (κ1) is 85.2. The highest BCUT2D eigenvalue weighted by molar-refractivity contribution is 6.27. The van der Waals surface area contributed by atoms with Crippen LogP contribution in [0.5, 0.6) is 0 Å². The maximum absolute atomic E-state index is 10.9. The van der Waals surface area contributed by atoms with Crippen LogP contribution in [0.25, 0.3) is 0 Å². The van der Waals surface area contributed by atoms with E-state index in [1.54, 1.807) is 0 Å². The Labute approximate surface area is 500 Å². The van der Waals surface area contributed by atoms with Crippen LogP contribution >= 0.6 is 11.6 Å². The SMILES string of the molecule is CC.CC.CC.CC.CC.CC.CN1CCC(=O)CC1.CN1CCC(O)(CN)CC1.CN1CCC(O)(CNC(=O)CCl)CC1.CN1CCC(O)(C[N+](=O)[O-])CC1.CN1CCC2(CC1)CNC(=O)CO2.CN1CCC2(CC1)CNCCO2. The third-order valence-electron chi connectivity index (χ3n) is 14.9. The fraction of sp³-hybridized carbons (Fsp3) is 0.949. The third-order valence-corrected chi connectivity index (χ3v) is 15.1. The molecule has 22 heteroatoms. The second-order valence-electron chi connectivity index (χ2n) is 21.1. The number of nitrogens with zero attached hydrogens (tertiary/aromatic N) is 7. The molecule has 8 fully saturated rings. The lowest BCUT2D eigenvalue weighted by Crippen LogP contribution is -2.56. The first-order valence-electron chi connectivity index (χ1n) is 31.2. The molecule has 8 heterocycles. The summed E-state index contributed by atoms with van der Waals surface area (Å²) >= 11 is 5.34. The molecule has 81 heavy (non-hydrogen) atoms. The molecule has 0 saturated carbocycles. The molecule has 0 aromatic rings. The summed E-state index contributed by atoms with van der Waals surface area (Å²) in [6.45, 7) is 39.9. The van der Waals surface area contributed by atoms with E-state index in [0.717, 1.165) is 124 Å². The van der Waals surface area contributed by atoms with E-state index in [2.05, 4.69) is 66.5 Å². The van der Waals surface area contributed by atoms with Gasteiger partial charge in [0.25, 0.3) is 0 Å². The number of nitrogens with two attached hydrogens (primary N) is 1. The molecule has 486 valence electrons. The zero-order chi connectivity index (χ0) is 63.1. The van der Waals surface area contributed by atoms with Gasteiger partial charge in [-0.3, -0.25) is 24.5 Å². The zero-order valence-electron chi connectivity index (χ0n) is 55.1. The summed E-state index contributed by atoms with van der Waals surface area (Å²) in [6, 6.07) is 0. The van der Waals surface area contributed by atoms with Crippen molar-refractivity contribution in [2.75, 3.05) is 179 Å². The standard InChI is InChI=1S/C9H17ClN2O2.C9H16N2O2.C9H18N2O.C7H14N2O3.C7H16N2O.C6H11NO.6C2H6/c1-12-4-2-9(14,3-5-12)7-11-8(13)6-10;1-11-4-2-9(3-5-11)7-10-8(12)6-13-9;1-11-5-2-9(3-6-11)8-10-4-7-12-9;1-8-4-2-7(10,3-5-8)6-9(11)12;1-9-4-2-7(10,6-8)3-5-9;1-7-4-2-6(8)3-5-7;6*1-2/h14H,2-7H2,1H3,(H,11,13);2-7H2,1H3,(H,10,12);10H,2-8H2,1H3;10H,2-6H2,1H3;10H,2-6,8H2,1H3;2-5H2,1H3;6*1-2H3. The van der Waals surface area contributed by atoms with Crippen molar-refractivity contribution in [1.82, 2.24) is 45.3 Å². The van der Waals surface area contributed by atoms with Crippen LogP contribution in [0, 0.1) is 10.1 Å². The average molecular weight is 1190 g/mol. The molecule has 8 aliphatic rings. The Kier molecular flexibility index (Phi) is 52.6. The molecular formula is C59H128ClN11O10. The van der Waals surface area contributed by atoms with Crippen molar-refractivity contribution < 1.29 is 44.1 Å². The first-order valence-corrected chi connectivity index (χ1v) is 31.8. The second kappa shape index (κ2) is 50.0. The van der Waals surface area contributed by atoms with Crippen molar-refractivity contribution >= 4 is 29.2 Å². The predicted molar refractivity (Wildman–Crippen MR) is 336 cm³/mol. The number of amides is 2. The van der Waals surface area contributed by atoms with E-state index in [9.17, 15) is 39.8 Å². The molecule has 8 aliphatic heterocycles. The first-order chi connectivity index (χ1) is 38.5. The Morgan fingerprint density at radius 3 is 1.23 bits per heavy atom. The van der Waals surface area contributed by atoms with Gasteiger partial charge in [0.05, 0.1) is 29.0 Å². The molecule has 0 aromatic heterocycles. The van der Waals surface area contributed by atoms with Gasteiger partial charge in [-0.2, -0.15) is 0 Å². The van der Waals surface area contributed by atoms with E-state index in [-0.39, 0.29) is 42.0 Å². The van der Waals surface area contributed by atoms with Crippen LogP contribution in [0.3, 0.4) is 0 Å². The second-order valence-corrected chi connectivity index (χ2v) is 21.4. The van der Waals surface area contributed by atoms with Crippen LogP contribution in [0.1, 0.15) is 160 Å². The Morgan fingerprint density at radius 1 is 0.580 bits per heavy atom. The fourth-order valence-electron chi connectivity index (χ4n) is 9.04. The van der Waals surface area contributed by atoms with Gasteiger partial charge >= 0.3 is 0 Å². The molecule has 0 aromatic carbocycles. The van der Waals surface area contributed by atoms with Gasteiger partial charge < -0.3 is 75.9 Å². The van der Waals surface area contributed by atoms with Crippen LogP contribution in [0.4, 0.5) is 0 Å². The average Bonchev–Trinajstić information content (AvgIpc) is 3.50. The molecule has 8 N–H and O–H groups in total. The minimum absolute atomic E-state index is 0.0181. The van der Waals surface area contributed by atoms with Gasteiger partial charge in [-0.15, -0.1) is 11.6 Å². The number of morpholine rings is 2. The number of aliphatic hydroxyl groups is 3. The van der Waals surface area contributed by atoms with Crippen LogP contribution < -0.4 is 21.7 Å². The molecule has 21 nitrogen and oxygen atoms in total. The van der Waals surface area contributed by atoms with E-state index < -0.39 is 21.7 Å². The van der Waals surface area contributed by atoms with Crippen molar-refractivity contribution in [3.63, 3.8) is 0 Å². The Hall–Kier alpha value is -2.22. The van der Waals surface area contributed by atoms with Gasteiger partial charge in [-0.1, -0.05) is 83.1 Å². The molecule has 0 unspecified atom stereocenters. The lowest BCUT2D eigenvalue weighted by Gasteiger charge is -2.43. The highest BCUT2D eigenvalue weighted by atomic mass is 35.5. The highest BCUT2D eigenvalue weighted by Crippen LogP contribution is 2.28. The molecule has 2 spiro atoms. The predicted octanol–water partition coefficient (Wildman–Crippen LogP) is 5.03. The summed E-state index contributed by atoms with van der Waals surface area (Å²) in [6.07, 6.45) is 10.0. The third kappa shape index (κ3) is 39.9. The van der Waals surface area contributed by atoms with Crippen molar-refractivity contribution in [1.29, 1.82) is 0 Å². The molecule has 0 radical (unpaired) electrons. The molecular weight excluding hydrogens is 1060 g/mol. The molecule has 8 saturated heterocycles. The molecule has 0 bridgehead atoms. The van der Waals surface area contributed by atoms with Gasteiger partial charge in [0.1, 0.15) is 23.9 Å². The number of carbonyl (C=O) groups excluding carboxylic acids is 3. The largest absolute Gasteiger partial charge is 0.388 e. The van der Waals surface area contributed by atoms with Crippen molar-refractivity contribution in [3.8, 4) is 0 Å². The van der Waals surface area contributed by atoms with Crippen molar-refractivity contribution in [2.24, 2.45) is 5.73 Å². The number of nitrogens with one attached hydrogen (secondary N) is 3. The van der Waals surface area contributed by atoms with E-state index in [1.165, 1.54) is 25.9 Å². The number of hydrogen-bond donors (Lipinski definition) is 7. The molecule has 8 rings (SSSR count). The zero-order valence-corrected chi connectivity index (χ0v) is 55.9. The van der Waals surface area contributed by atoms with Crippen molar-refractivity contribution in [3.05, 3.63) is 10.1 Å².